The van der Waals surface area contributed by atoms with Gasteiger partial charge in [0.2, 0.25) is 0 Å². The molecule has 1 N–H and O–H groups in total. The Morgan fingerprint density at radius 2 is 1.81 bits per heavy atom. The van der Waals surface area contributed by atoms with Gasteiger partial charge in [-0.2, -0.15) is 0 Å². The number of hydrogen-bond acceptors (Lipinski definition) is 2. The van der Waals surface area contributed by atoms with Gasteiger partial charge in [0, 0.05) is 18.0 Å². The van der Waals surface area contributed by atoms with Gasteiger partial charge in [0.25, 0.3) is 0 Å². The third kappa shape index (κ3) is 3.27. The van der Waals surface area contributed by atoms with Crippen molar-refractivity contribution in [1.82, 2.24) is 5.32 Å². The van der Waals surface area contributed by atoms with Crippen molar-refractivity contribution in [2.75, 3.05) is 7.11 Å². The second-order valence-electron chi connectivity index (χ2n) is 5.76. The third-order valence-corrected chi connectivity index (χ3v) is 4.36. The smallest absolute Gasteiger partial charge is 0.118 e. The Bertz CT molecular complexity index is 564. The van der Waals surface area contributed by atoms with Crippen LogP contribution in [0, 0.1) is 0 Å². The number of benzene rings is 2. The molecule has 1 aliphatic carbocycles. The summed E-state index contributed by atoms with van der Waals surface area (Å²) in [7, 11) is 1.71. The van der Waals surface area contributed by atoms with Crippen molar-refractivity contribution in [2.45, 2.75) is 37.8 Å². The van der Waals surface area contributed by atoms with Crippen LogP contribution < -0.4 is 10.1 Å². The van der Waals surface area contributed by atoms with Gasteiger partial charge in [0.1, 0.15) is 5.75 Å². The maximum absolute atomic E-state index is 5.23. The van der Waals surface area contributed by atoms with Crippen LogP contribution in [0.3, 0.4) is 0 Å². The summed E-state index contributed by atoms with van der Waals surface area (Å²) in [6, 6.07) is 20.3. The molecule has 2 aromatic carbocycles. The fourth-order valence-corrected chi connectivity index (χ4v) is 2.99. The second kappa shape index (κ2) is 6.31. The number of hydrogen-bond donors (Lipinski definition) is 1. The van der Waals surface area contributed by atoms with Crippen LogP contribution in [0.2, 0.25) is 0 Å². The van der Waals surface area contributed by atoms with Crippen LogP contribution in [-0.2, 0) is 0 Å². The lowest BCUT2D eigenvalue weighted by Gasteiger charge is -2.18. The van der Waals surface area contributed by atoms with Gasteiger partial charge in [0.15, 0.2) is 0 Å². The fourth-order valence-electron chi connectivity index (χ4n) is 2.99. The van der Waals surface area contributed by atoms with E-state index in [0.717, 1.165) is 12.2 Å². The van der Waals surface area contributed by atoms with Gasteiger partial charge in [-0.25, -0.2) is 0 Å². The predicted molar refractivity (Wildman–Crippen MR) is 86.7 cm³/mol. The Labute approximate surface area is 127 Å². The van der Waals surface area contributed by atoms with E-state index in [1.54, 1.807) is 7.11 Å². The highest BCUT2D eigenvalue weighted by Gasteiger charge is 2.39. The van der Waals surface area contributed by atoms with Crippen molar-refractivity contribution in [3.8, 4) is 5.75 Å². The molecule has 3 rings (SSSR count). The van der Waals surface area contributed by atoms with Gasteiger partial charge in [-0.3, -0.25) is 0 Å². The Balaban J connectivity index is 1.63. The molecule has 0 spiro atoms. The summed E-state index contributed by atoms with van der Waals surface area (Å²) in [6.45, 7) is 2.24. The molecule has 110 valence electrons. The number of nitrogens with one attached hydrogen (secondary N) is 1. The van der Waals surface area contributed by atoms with E-state index in [-0.39, 0.29) is 0 Å². The maximum Gasteiger partial charge on any atom is 0.118 e. The molecule has 21 heavy (non-hydrogen) atoms. The average Bonchev–Trinajstić information content (AvgIpc) is 3.33. The third-order valence-electron chi connectivity index (χ3n) is 4.36. The zero-order valence-corrected chi connectivity index (χ0v) is 12.8. The average molecular weight is 281 g/mol. The molecule has 1 aliphatic rings. The molecule has 0 saturated heterocycles. The standard InChI is InChI=1S/C19H23NO/c1-3-18(15-9-11-16(21-2)12-10-15)20-19-13-17(19)14-7-5-4-6-8-14/h4-12,17-20H,3,13H2,1-2H3. The highest BCUT2D eigenvalue weighted by atomic mass is 16.5. The molecule has 0 radical (unpaired) electrons. The van der Waals surface area contributed by atoms with Crippen LogP contribution in [0.25, 0.3) is 0 Å². The molecule has 3 atom stereocenters. The van der Waals surface area contributed by atoms with Crippen molar-refractivity contribution < 1.29 is 4.74 Å². The number of methoxy groups -OCH3 is 1. The van der Waals surface area contributed by atoms with E-state index in [9.17, 15) is 0 Å². The normalized spacial score (nSPS) is 21.8. The molecule has 3 unspecified atom stereocenters. The Morgan fingerprint density at radius 1 is 1.10 bits per heavy atom. The summed E-state index contributed by atoms with van der Waals surface area (Å²) in [5.74, 6) is 1.60. The largest absolute Gasteiger partial charge is 0.497 e. The molecule has 2 aromatic rings. The first kappa shape index (κ1) is 14.2. The monoisotopic (exact) mass is 281 g/mol. The SMILES string of the molecule is CCC(NC1CC1c1ccccc1)c1ccc(OC)cc1. The minimum atomic E-state index is 0.426. The first-order chi connectivity index (χ1) is 10.3. The number of rotatable bonds is 6. The zero-order valence-electron chi connectivity index (χ0n) is 12.8. The summed E-state index contributed by atoms with van der Waals surface area (Å²) >= 11 is 0. The fraction of sp³-hybridized carbons (Fsp3) is 0.368. The lowest BCUT2D eigenvalue weighted by molar-refractivity contribution is 0.414. The van der Waals surface area contributed by atoms with Crippen molar-refractivity contribution in [1.29, 1.82) is 0 Å². The van der Waals surface area contributed by atoms with E-state index in [1.165, 1.54) is 17.5 Å². The Hall–Kier alpha value is -1.80. The van der Waals surface area contributed by atoms with Gasteiger partial charge in [0.05, 0.1) is 7.11 Å². The van der Waals surface area contributed by atoms with E-state index in [4.69, 9.17) is 4.74 Å². The topological polar surface area (TPSA) is 21.3 Å². The highest BCUT2D eigenvalue weighted by Crippen LogP contribution is 2.42. The van der Waals surface area contributed by atoms with Gasteiger partial charge in [-0.15, -0.1) is 0 Å². The van der Waals surface area contributed by atoms with Crippen LogP contribution in [-0.4, -0.2) is 13.2 Å². The van der Waals surface area contributed by atoms with E-state index >= 15 is 0 Å². The summed E-state index contributed by atoms with van der Waals surface area (Å²) in [5.41, 5.74) is 2.80. The van der Waals surface area contributed by atoms with E-state index in [1.807, 2.05) is 12.1 Å². The first-order valence-corrected chi connectivity index (χ1v) is 7.76. The molecular weight excluding hydrogens is 258 g/mol. The molecule has 0 heterocycles. The van der Waals surface area contributed by atoms with Gasteiger partial charge in [-0.05, 0) is 36.1 Å². The first-order valence-electron chi connectivity index (χ1n) is 7.76. The predicted octanol–water partition coefficient (Wildman–Crippen LogP) is 4.29. The summed E-state index contributed by atoms with van der Waals surface area (Å²) in [6.07, 6.45) is 2.35. The minimum Gasteiger partial charge on any atom is -0.497 e. The van der Waals surface area contributed by atoms with Crippen molar-refractivity contribution in [3.63, 3.8) is 0 Å². The van der Waals surface area contributed by atoms with Crippen molar-refractivity contribution in [3.05, 3.63) is 65.7 Å². The molecule has 2 nitrogen and oxygen atoms in total. The molecule has 2 heteroatoms. The zero-order chi connectivity index (χ0) is 14.7. The molecule has 1 saturated carbocycles. The molecular formula is C19H23NO. The Morgan fingerprint density at radius 3 is 2.43 bits per heavy atom. The van der Waals surface area contributed by atoms with Crippen molar-refractivity contribution in [2.24, 2.45) is 0 Å². The van der Waals surface area contributed by atoms with Crippen LogP contribution >= 0.6 is 0 Å². The highest BCUT2D eigenvalue weighted by molar-refractivity contribution is 5.31. The lowest BCUT2D eigenvalue weighted by Crippen LogP contribution is -2.24. The number of ether oxygens (including phenoxy) is 1. The van der Waals surface area contributed by atoms with E-state index in [0.29, 0.717) is 18.0 Å². The summed E-state index contributed by atoms with van der Waals surface area (Å²) < 4.78 is 5.23. The van der Waals surface area contributed by atoms with Crippen LogP contribution in [0.15, 0.2) is 54.6 Å². The molecule has 0 aromatic heterocycles. The summed E-state index contributed by atoms with van der Waals surface area (Å²) in [5, 5.41) is 3.80. The minimum absolute atomic E-state index is 0.426. The van der Waals surface area contributed by atoms with Crippen LogP contribution in [0.4, 0.5) is 0 Å². The van der Waals surface area contributed by atoms with E-state index < -0.39 is 0 Å². The Kier molecular flexibility index (Phi) is 4.26. The second-order valence-corrected chi connectivity index (χ2v) is 5.76. The van der Waals surface area contributed by atoms with Crippen LogP contribution in [0.5, 0.6) is 5.75 Å². The molecule has 0 amide bonds. The van der Waals surface area contributed by atoms with Crippen LogP contribution in [0.1, 0.15) is 42.9 Å². The van der Waals surface area contributed by atoms with Gasteiger partial charge >= 0.3 is 0 Å². The van der Waals surface area contributed by atoms with Gasteiger partial charge < -0.3 is 10.1 Å². The van der Waals surface area contributed by atoms with Gasteiger partial charge in [-0.1, -0.05) is 49.4 Å². The molecule has 0 aliphatic heterocycles. The summed E-state index contributed by atoms with van der Waals surface area (Å²) in [4.78, 5) is 0. The maximum atomic E-state index is 5.23. The van der Waals surface area contributed by atoms with E-state index in [2.05, 4.69) is 54.7 Å². The molecule has 1 fully saturated rings. The lowest BCUT2D eigenvalue weighted by atomic mass is 10.0. The van der Waals surface area contributed by atoms with Crippen molar-refractivity contribution >= 4 is 0 Å². The molecule has 0 bridgehead atoms. The quantitative estimate of drug-likeness (QED) is 0.852.